The number of fused-ring (bicyclic) bond motifs is 1. The van der Waals surface area contributed by atoms with Crippen LogP contribution in [0.5, 0.6) is 5.75 Å². The van der Waals surface area contributed by atoms with Crippen LogP contribution in [0.15, 0.2) is 65.8 Å². The summed E-state index contributed by atoms with van der Waals surface area (Å²) in [4.78, 5) is 32.8. The first kappa shape index (κ1) is 31.1. The fourth-order valence-electron chi connectivity index (χ4n) is 5.13. The molecule has 3 aromatic carbocycles. The van der Waals surface area contributed by atoms with Gasteiger partial charge in [0.1, 0.15) is 11.6 Å². The third-order valence-electron chi connectivity index (χ3n) is 7.61. The zero-order valence-electron chi connectivity index (χ0n) is 24.6. The molecule has 0 atom stereocenters. The van der Waals surface area contributed by atoms with E-state index in [1.54, 1.807) is 23.0 Å². The van der Waals surface area contributed by atoms with Crippen molar-refractivity contribution >= 4 is 38.6 Å². The highest BCUT2D eigenvalue weighted by Gasteiger charge is 2.30. The molecule has 0 saturated carbocycles. The lowest BCUT2D eigenvalue weighted by Gasteiger charge is -2.33. The van der Waals surface area contributed by atoms with Crippen LogP contribution in [-0.2, 0) is 16.6 Å². The number of nitrogens with zero attached hydrogens (tertiary/aromatic N) is 4. The average Bonchev–Trinajstić information content (AvgIpc) is 3.41. The van der Waals surface area contributed by atoms with Crippen molar-refractivity contribution in [1.29, 1.82) is 0 Å². The summed E-state index contributed by atoms with van der Waals surface area (Å²) < 4.78 is 49.4. The van der Waals surface area contributed by atoms with Crippen molar-refractivity contribution in [3.8, 4) is 5.75 Å². The van der Waals surface area contributed by atoms with Crippen LogP contribution >= 0.6 is 0 Å². The first-order chi connectivity index (χ1) is 21.1. The number of anilines is 1. The second kappa shape index (κ2) is 13.1. The number of benzene rings is 3. The maximum absolute atomic E-state index is 13.7. The molecular weight excluding hydrogens is 587 g/mol. The summed E-state index contributed by atoms with van der Waals surface area (Å²) in [6.07, 6.45) is 2.25. The maximum Gasteiger partial charge on any atom is 0.259 e. The normalized spacial score (nSPS) is 14.5. The molecule has 0 bridgehead atoms. The molecule has 2 heterocycles. The van der Waals surface area contributed by atoms with Gasteiger partial charge in [0.05, 0.1) is 45.7 Å². The molecule has 44 heavy (non-hydrogen) atoms. The second-order valence-corrected chi connectivity index (χ2v) is 12.5. The number of likely N-dealkylation sites (N-methyl/N-ethyl adjacent to an activating group) is 1. The molecule has 2 amide bonds. The van der Waals surface area contributed by atoms with Crippen molar-refractivity contribution in [3.63, 3.8) is 0 Å². The van der Waals surface area contributed by atoms with E-state index in [0.717, 1.165) is 12.1 Å². The molecule has 0 spiro atoms. The number of halogens is 1. The van der Waals surface area contributed by atoms with Crippen molar-refractivity contribution in [3.05, 3.63) is 83.4 Å². The van der Waals surface area contributed by atoms with Crippen LogP contribution in [0, 0.1) is 5.82 Å². The number of piperazine rings is 1. The van der Waals surface area contributed by atoms with Crippen LogP contribution in [0.3, 0.4) is 0 Å². The molecule has 232 valence electrons. The number of sulfonamides is 1. The van der Waals surface area contributed by atoms with Gasteiger partial charge in [-0.25, -0.2) is 17.8 Å². The summed E-state index contributed by atoms with van der Waals surface area (Å²) in [5.41, 5.74) is 7.77. The van der Waals surface area contributed by atoms with Crippen molar-refractivity contribution in [1.82, 2.24) is 18.8 Å². The SMILES string of the molecule is CCCOc1ccc(S(=O)(=O)N2CCN(CC)CC2)cc1C(=O)Nc1cc2ncn(Cc3ccc(F)cc3)c2cc1C(N)=O. The zero-order chi connectivity index (χ0) is 31.4. The Balaban J connectivity index is 1.46. The number of primary amides is 1. The first-order valence-electron chi connectivity index (χ1n) is 14.4. The minimum Gasteiger partial charge on any atom is -0.493 e. The van der Waals surface area contributed by atoms with Gasteiger partial charge in [0.15, 0.2) is 0 Å². The number of nitrogens with two attached hydrogens (primary N) is 1. The lowest BCUT2D eigenvalue weighted by molar-refractivity contribution is 0.100. The number of rotatable bonds is 11. The van der Waals surface area contributed by atoms with Crippen LogP contribution in [0.4, 0.5) is 10.1 Å². The quantitative estimate of drug-likeness (QED) is 0.260. The van der Waals surface area contributed by atoms with Gasteiger partial charge in [0.2, 0.25) is 10.0 Å². The Bertz CT molecular complexity index is 1780. The summed E-state index contributed by atoms with van der Waals surface area (Å²) in [5.74, 6) is -1.58. The Morgan fingerprint density at radius 3 is 2.39 bits per heavy atom. The number of nitrogens with one attached hydrogen (secondary N) is 1. The van der Waals surface area contributed by atoms with Crippen molar-refractivity contribution in [2.45, 2.75) is 31.7 Å². The van der Waals surface area contributed by atoms with Crippen LogP contribution in [0.1, 0.15) is 46.5 Å². The number of amides is 2. The lowest BCUT2D eigenvalue weighted by atomic mass is 10.1. The van der Waals surface area contributed by atoms with Gasteiger partial charge in [-0.2, -0.15) is 4.31 Å². The van der Waals surface area contributed by atoms with Crippen molar-refractivity contribution < 1.29 is 27.1 Å². The zero-order valence-corrected chi connectivity index (χ0v) is 25.4. The van der Waals surface area contributed by atoms with E-state index in [1.165, 1.54) is 46.8 Å². The smallest absolute Gasteiger partial charge is 0.259 e. The van der Waals surface area contributed by atoms with Crippen LogP contribution in [0.2, 0.25) is 0 Å². The molecule has 1 fully saturated rings. The predicted octanol–water partition coefficient (Wildman–Crippen LogP) is 3.69. The number of imidazole rings is 1. The molecule has 1 aliphatic rings. The number of hydrogen-bond donors (Lipinski definition) is 2. The summed E-state index contributed by atoms with van der Waals surface area (Å²) in [5, 5.41) is 2.73. The summed E-state index contributed by atoms with van der Waals surface area (Å²) in [6, 6.07) is 13.3. The lowest BCUT2D eigenvalue weighted by Crippen LogP contribution is -2.48. The van der Waals surface area contributed by atoms with E-state index in [9.17, 15) is 22.4 Å². The average molecular weight is 623 g/mol. The molecule has 1 aromatic heterocycles. The van der Waals surface area contributed by atoms with Crippen LogP contribution in [0.25, 0.3) is 11.0 Å². The van der Waals surface area contributed by atoms with Crippen LogP contribution < -0.4 is 15.8 Å². The number of carbonyl (C=O) groups excluding carboxylic acids is 2. The topological polar surface area (TPSA) is 140 Å². The Hall–Kier alpha value is -4.33. The minimum atomic E-state index is -3.87. The van der Waals surface area contributed by atoms with Gasteiger partial charge < -0.3 is 25.3 Å². The van der Waals surface area contributed by atoms with Gasteiger partial charge in [0.25, 0.3) is 11.8 Å². The molecule has 4 aromatic rings. The number of hydrogen-bond acceptors (Lipinski definition) is 7. The molecule has 0 radical (unpaired) electrons. The number of ether oxygens (including phenoxy) is 1. The first-order valence-corrected chi connectivity index (χ1v) is 15.9. The molecule has 11 nitrogen and oxygen atoms in total. The van der Waals surface area contributed by atoms with Gasteiger partial charge in [-0.3, -0.25) is 9.59 Å². The molecule has 1 aliphatic heterocycles. The molecular formula is C31H35FN6O5S. The van der Waals surface area contributed by atoms with Crippen LogP contribution in [-0.4, -0.2) is 78.3 Å². The minimum absolute atomic E-state index is 0.00377. The number of carbonyl (C=O) groups is 2. The molecule has 5 rings (SSSR count). The highest BCUT2D eigenvalue weighted by Crippen LogP contribution is 2.29. The summed E-state index contributed by atoms with van der Waals surface area (Å²) in [6.45, 7) is 7.42. The third kappa shape index (κ3) is 6.59. The fourth-order valence-corrected chi connectivity index (χ4v) is 6.58. The van der Waals surface area contributed by atoms with E-state index in [4.69, 9.17) is 10.5 Å². The van der Waals surface area contributed by atoms with E-state index in [0.29, 0.717) is 56.8 Å². The summed E-state index contributed by atoms with van der Waals surface area (Å²) >= 11 is 0. The molecule has 13 heteroatoms. The monoisotopic (exact) mass is 622 g/mol. The van der Waals surface area contributed by atoms with Gasteiger partial charge in [0, 0.05) is 32.7 Å². The Morgan fingerprint density at radius 1 is 1.00 bits per heavy atom. The molecule has 0 unspecified atom stereocenters. The Kier molecular flexibility index (Phi) is 9.28. The highest BCUT2D eigenvalue weighted by molar-refractivity contribution is 7.89. The molecule has 0 aliphatic carbocycles. The Morgan fingerprint density at radius 2 is 1.73 bits per heavy atom. The summed E-state index contributed by atoms with van der Waals surface area (Å²) in [7, 11) is -3.87. The standard InChI is InChI=1S/C31H35FN6O5S/c1-3-15-43-29-10-9-23(44(41,42)38-13-11-36(4-2)12-14-38)16-25(29)31(40)35-26-18-27-28(17-24(26)30(33)39)37(20-34-27)19-21-5-7-22(32)8-6-21/h5-10,16-18,20H,3-4,11-15,19H2,1-2H3,(H2,33,39)(H,35,40). The molecule has 1 saturated heterocycles. The molecule has 3 N–H and O–H groups in total. The highest BCUT2D eigenvalue weighted by atomic mass is 32.2. The number of aromatic nitrogens is 2. The van der Waals surface area contributed by atoms with E-state index in [1.807, 2.05) is 13.8 Å². The van der Waals surface area contributed by atoms with Crippen molar-refractivity contribution in [2.75, 3.05) is 44.6 Å². The van der Waals surface area contributed by atoms with E-state index in [2.05, 4.69) is 15.2 Å². The van der Waals surface area contributed by atoms with E-state index in [-0.39, 0.29) is 33.3 Å². The largest absolute Gasteiger partial charge is 0.493 e. The fraction of sp³-hybridized carbons (Fsp3) is 0.323. The van der Waals surface area contributed by atoms with E-state index >= 15 is 0 Å². The van der Waals surface area contributed by atoms with Gasteiger partial charge in [-0.05, 0) is 61.0 Å². The predicted molar refractivity (Wildman–Crippen MR) is 165 cm³/mol. The maximum atomic E-state index is 13.7. The van der Waals surface area contributed by atoms with Gasteiger partial charge >= 0.3 is 0 Å². The van der Waals surface area contributed by atoms with Gasteiger partial charge in [-0.15, -0.1) is 0 Å². The third-order valence-corrected chi connectivity index (χ3v) is 9.51. The van der Waals surface area contributed by atoms with Gasteiger partial charge in [-0.1, -0.05) is 26.0 Å². The second-order valence-electron chi connectivity index (χ2n) is 10.5. The van der Waals surface area contributed by atoms with Crippen molar-refractivity contribution in [2.24, 2.45) is 5.73 Å². The Labute approximate surface area is 255 Å². The van der Waals surface area contributed by atoms with E-state index < -0.39 is 21.8 Å².